The maximum atomic E-state index is 13.3. The fraction of sp³-hybridized carbons (Fsp3) is 0.481. The molecule has 1 fully saturated rings. The second-order valence-corrected chi connectivity index (χ2v) is 8.67. The van der Waals surface area contributed by atoms with E-state index in [4.69, 9.17) is 18.9 Å². The molecule has 0 aromatic heterocycles. The Morgan fingerprint density at radius 3 is 2.51 bits per heavy atom. The summed E-state index contributed by atoms with van der Waals surface area (Å²) < 4.78 is 23.4. The van der Waals surface area contributed by atoms with Crippen molar-refractivity contribution in [3.8, 4) is 23.0 Å². The molecule has 188 valence electrons. The predicted octanol–water partition coefficient (Wildman–Crippen LogP) is 3.78. The van der Waals surface area contributed by atoms with Gasteiger partial charge < -0.3 is 28.7 Å². The molecule has 0 N–H and O–H groups in total. The number of para-hydroxylation sites is 2. The van der Waals surface area contributed by atoms with Gasteiger partial charge >= 0.3 is 0 Å². The Balaban J connectivity index is 1.40. The van der Waals surface area contributed by atoms with Gasteiger partial charge in [0.25, 0.3) is 11.8 Å². The largest absolute Gasteiger partial charge is 0.490 e. The van der Waals surface area contributed by atoms with Crippen molar-refractivity contribution in [1.29, 1.82) is 0 Å². The molecule has 2 heterocycles. The Hall–Kier alpha value is -3.42. The molecule has 2 aliphatic heterocycles. The molecule has 4 rings (SSSR count). The first-order valence-electron chi connectivity index (χ1n) is 12.4. The van der Waals surface area contributed by atoms with E-state index in [0.29, 0.717) is 54.9 Å². The fourth-order valence-electron chi connectivity index (χ4n) is 4.34. The molecule has 0 bridgehead atoms. The van der Waals surface area contributed by atoms with Crippen LogP contribution >= 0.6 is 0 Å². The Labute approximate surface area is 206 Å². The van der Waals surface area contributed by atoms with Crippen molar-refractivity contribution < 1.29 is 28.5 Å². The predicted molar refractivity (Wildman–Crippen MR) is 131 cm³/mol. The molecule has 0 radical (unpaired) electrons. The number of amides is 2. The molecule has 2 aliphatic rings. The second-order valence-electron chi connectivity index (χ2n) is 8.67. The molecule has 0 aliphatic carbocycles. The zero-order valence-electron chi connectivity index (χ0n) is 20.5. The third kappa shape index (κ3) is 6.18. The Bertz CT molecular complexity index is 1020. The van der Waals surface area contributed by atoms with Crippen LogP contribution in [0, 0.1) is 0 Å². The van der Waals surface area contributed by atoms with Gasteiger partial charge in [-0.2, -0.15) is 0 Å². The van der Waals surface area contributed by atoms with Gasteiger partial charge in [0.15, 0.2) is 35.7 Å². The number of carbonyl (C=O) groups excluding carboxylic acids is 2. The molecule has 0 spiro atoms. The van der Waals surface area contributed by atoms with Crippen molar-refractivity contribution in [2.45, 2.75) is 39.2 Å². The number of fused-ring (bicyclic) bond motifs is 1. The molecule has 1 saturated heterocycles. The van der Waals surface area contributed by atoms with Crippen molar-refractivity contribution in [2.24, 2.45) is 0 Å². The minimum absolute atomic E-state index is 0.0271. The standard InChI is InChI=1S/C27H34N2O6/c1-3-28(17-21-18-33-22-10-6-7-11-24(22)35-21)27(31)20-12-13-23(25(16-20)32-4-2)34-19-26(30)29-14-8-5-9-15-29/h6-7,10-13,16,21H,3-5,8-9,14-15,17-19H2,1-2H3. The normalized spacial score (nSPS) is 17.0. The van der Waals surface area contributed by atoms with Gasteiger partial charge in [-0.15, -0.1) is 0 Å². The molecular formula is C27H34N2O6. The van der Waals surface area contributed by atoms with E-state index in [1.165, 1.54) is 0 Å². The van der Waals surface area contributed by atoms with Crippen LogP contribution in [0.2, 0.25) is 0 Å². The number of hydrogen-bond donors (Lipinski definition) is 0. The highest BCUT2D eigenvalue weighted by molar-refractivity contribution is 5.95. The average Bonchev–Trinajstić information content (AvgIpc) is 2.91. The van der Waals surface area contributed by atoms with Crippen LogP contribution in [0.3, 0.4) is 0 Å². The van der Waals surface area contributed by atoms with Gasteiger partial charge in [0.1, 0.15) is 6.61 Å². The summed E-state index contributed by atoms with van der Waals surface area (Å²) in [5.41, 5.74) is 0.488. The zero-order chi connectivity index (χ0) is 24.6. The van der Waals surface area contributed by atoms with Gasteiger partial charge in [0, 0.05) is 25.2 Å². The molecule has 8 heteroatoms. The molecule has 2 amide bonds. The first kappa shape index (κ1) is 24.7. The van der Waals surface area contributed by atoms with Crippen LogP contribution in [-0.2, 0) is 4.79 Å². The van der Waals surface area contributed by atoms with Crippen molar-refractivity contribution >= 4 is 11.8 Å². The van der Waals surface area contributed by atoms with Gasteiger partial charge in [-0.1, -0.05) is 12.1 Å². The molecule has 2 aromatic rings. The van der Waals surface area contributed by atoms with Gasteiger partial charge in [-0.25, -0.2) is 0 Å². The number of piperidine rings is 1. The topological polar surface area (TPSA) is 77.5 Å². The highest BCUT2D eigenvalue weighted by Gasteiger charge is 2.26. The lowest BCUT2D eigenvalue weighted by Gasteiger charge is -2.31. The third-order valence-electron chi connectivity index (χ3n) is 6.21. The number of hydrogen-bond acceptors (Lipinski definition) is 6. The summed E-state index contributed by atoms with van der Waals surface area (Å²) in [6, 6.07) is 12.6. The van der Waals surface area contributed by atoms with Crippen molar-refractivity contribution in [1.82, 2.24) is 9.80 Å². The molecule has 0 saturated carbocycles. The molecule has 35 heavy (non-hydrogen) atoms. The van der Waals surface area contributed by atoms with E-state index < -0.39 is 0 Å². The summed E-state index contributed by atoms with van der Waals surface area (Å²) in [5.74, 6) is 2.15. The Kier molecular flexibility index (Phi) is 8.34. The monoisotopic (exact) mass is 482 g/mol. The molecule has 1 atom stereocenters. The van der Waals surface area contributed by atoms with Crippen LogP contribution in [-0.4, -0.2) is 73.7 Å². The Morgan fingerprint density at radius 1 is 1.00 bits per heavy atom. The van der Waals surface area contributed by atoms with Crippen molar-refractivity contribution in [3.05, 3.63) is 48.0 Å². The number of benzene rings is 2. The van der Waals surface area contributed by atoms with Gasteiger partial charge in [0.05, 0.1) is 13.2 Å². The smallest absolute Gasteiger partial charge is 0.260 e. The van der Waals surface area contributed by atoms with Gasteiger partial charge in [-0.05, 0) is 63.4 Å². The Morgan fingerprint density at radius 2 is 1.77 bits per heavy atom. The summed E-state index contributed by atoms with van der Waals surface area (Å²) in [5, 5.41) is 0. The van der Waals surface area contributed by atoms with E-state index >= 15 is 0 Å². The molecule has 2 aromatic carbocycles. The van der Waals surface area contributed by atoms with Crippen LogP contribution in [0.25, 0.3) is 0 Å². The minimum Gasteiger partial charge on any atom is -0.490 e. The lowest BCUT2D eigenvalue weighted by Crippen LogP contribution is -2.43. The maximum Gasteiger partial charge on any atom is 0.260 e. The molecule has 8 nitrogen and oxygen atoms in total. The lowest BCUT2D eigenvalue weighted by molar-refractivity contribution is -0.134. The summed E-state index contributed by atoms with van der Waals surface area (Å²) in [6.07, 6.45) is 2.97. The second kappa shape index (κ2) is 11.8. The number of likely N-dealkylation sites (tertiary alicyclic amines) is 1. The first-order chi connectivity index (χ1) is 17.1. The van der Waals surface area contributed by atoms with Gasteiger partial charge in [-0.3, -0.25) is 9.59 Å². The van der Waals surface area contributed by atoms with Crippen molar-refractivity contribution in [2.75, 3.05) is 46.0 Å². The summed E-state index contributed by atoms with van der Waals surface area (Å²) in [7, 11) is 0. The van der Waals surface area contributed by atoms with E-state index in [0.717, 1.165) is 32.4 Å². The number of ether oxygens (including phenoxy) is 4. The number of nitrogens with zero attached hydrogens (tertiary/aromatic N) is 2. The average molecular weight is 483 g/mol. The number of carbonyl (C=O) groups is 2. The first-order valence-corrected chi connectivity index (χ1v) is 12.4. The summed E-state index contributed by atoms with van der Waals surface area (Å²) in [6.45, 7) is 7.03. The third-order valence-corrected chi connectivity index (χ3v) is 6.21. The zero-order valence-corrected chi connectivity index (χ0v) is 20.5. The maximum absolute atomic E-state index is 13.3. The van der Waals surface area contributed by atoms with E-state index in [2.05, 4.69) is 0 Å². The number of likely N-dealkylation sites (N-methyl/N-ethyl adjacent to an activating group) is 1. The highest BCUT2D eigenvalue weighted by Crippen LogP contribution is 2.32. The summed E-state index contributed by atoms with van der Waals surface area (Å²) in [4.78, 5) is 29.4. The highest BCUT2D eigenvalue weighted by atomic mass is 16.6. The minimum atomic E-state index is -0.261. The van der Waals surface area contributed by atoms with E-state index in [1.807, 2.05) is 43.0 Å². The fourth-order valence-corrected chi connectivity index (χ4v) is 4.34. The van der Waals surface area contributed by atoms with Gasteiger partial charge in [0.2, 0.25) is 0 Å². The quantitative estimate of drug-likeness (QED) is 0.541. The SMILES string of the molecule is CCOc1cc(C(=O)N(CC)CC2COc3ccccc3O2)ccc1OCC(=O)N1CCCCC1. The van der Waals surface area contributed by atoms with Crippen LogP contribution in [0.4, 0.5) is 0 Å². The summed E-state index contributed by atoms with van der Waals surface area (Å²) >= 11 is 0. The van der Waals surface area contributed by atoms with Crippen LogP contribution in [0.5, 0.6) is 23.0 Å². The molecular weight excluding hydrogens is 448 g/mol. The van der Waals surface area contributed by atoms with Crippen LogP contribution < -0.4 is 18.9 Å². The molecule has 1 unspecified atom stereocenters. The van der Waals surface area contributed by atoms with Crippen LogP contribution in [0.1, 0.15) is 43.5 Å². The van der Waals surface area contributed by atoms with Crippen LogP contribution in [0.15, 0.2) is 42.5 Å². The van der Waals surface area contributed by atoms with E-state index in [-0.39, 0.29) is 24.5 Å². The van der Waals surface area contributed by atoms with E-state index in [1.54, 1.807) is 23.1 Å². The van der Waals surface area contributed by atoms with E-state index in [9.17, 15) is 9.59 Å². The van der Waals surface area contributed by atoms with Crippen molar-refractivity contribution in [3.63, 3.8) is 0 Å². The lowest BCUT2D eigenvalue weighted by atomic mass is 10.1. The number of rotatable bonds is 9.